The minimum atomic E-state index is -0.311. The molecule has 0 atom stereocenters. The van der Waals surface area contributed by atoms with Crippen LogP contribution in [-0.4, -0.2) is 59.1 Å². The van der Waals surface area contributed by atoms with Crippen molar-refractivity contribution in [1.29, 1.82) is 0 Å². The minimum Gasteiger partial charge on any atom is -0.495 e. The zero-order valence-electron chi connectivity index (χ0n) is 16.0. The zero-order valence-corrected chi connectivity index (χ0v) is 16.0. The Labute approximate surface area is 168 Å². The van der Waals surface area contributed by atoms with Gasteiger partial charge in [-0.25, -0.2) is 19.9 Å². The van der Waals surface area contributed by atoms with Gasteiger partial charge >= 0.3 is 0 Å². The summed E-state index contributed by atoms with van der Waals surface area (Å²) in [5.74, 6) is 1.73. The van der Waals surface area contributed by atoms with Gasteiger partial charge in [-0.15, -0.1) is 0 Å². The van der Waals surface area contributed by atoms with Crippen LogP contribution < -0.4 is 19.9 Å². The van der Waals surface area contributed by atoms with Crippen LogP contribution in [0.2, 0.25) is 0 Å². The Balaban J connectivity index is 1.43. The van der Waals surface area contributed by atoms with Gasteiger partial charge in [-0.3, -0.25) is 4.79 Å². The van der Waals surface area contributed by atoms with E-state index < -0.39 is 0 Å². The highest BCUT2D eigenvalue weighted by Gasteiger charge is 2.21. The van der Waals surface area contributed by atoms with Gasteiger partial charge in [0.1, 0.15) is 23.6 Å². The molecule has 1 aliphatic heterocycles. The Kier molecular flexibility index (Phi) is 5.46. The van der Waals surface area contributed by atoms with Gasteiger partial charge < -0.3 is 19.9 Å². The molecule has 1 amide bonds. The van der Waals surface area contributed by atoms with E-state index in [9.17, 15) is 4.79 Å². The number of carbonyl (C=O) groups excluding carboxylic acids is 1. The first kappa shape index (κ1) is 18.6. The van der Waals surface area contributed by atoms with Crippen LogP contribution in [-0.2, 0) is 0 Å². The molecule has 0 saturated carbocycles. The first-order valence-corrected chi connectivity index (χ1v) is 9.28. The molecule has 1 saturated heterocycles. The molecule has 0 bridgehead atoms. The number of benzene rings is 1. The van der Waals surface area contributed by atoms with Crippen LogP contribution in [0.15, 0.2) is 55.1 Å². The van der Waals surface area contributed by atoms with Gasteiger partial charge in [0.2, 0.25) is 5.95 Å². The Morgan fingerprint density at radius 3 is 2.45 bits per heavy atom. The summed E-state index contributed by atoms with van der Waals surface area (Å²) in [6.45, 7) is 3.05. The number of carbonyl (C=O) groups is 1. The molecule has 0 unspecified atom stereocenters. The number of hydrogen-bond acceptors (Lipinski definition) is 8. The van der Waals surface area contributed by atoms with Gasteiger partial charge in [-0.2, -0.15) is 0 Å². The molecule has 3 heterocycles. The molecule has 4 rings (SSSR count). The zero-order chi connectivity index (χ0) is 20.1. The summed E-state index contributed by atoms with van der Waals surface area (Å²) in [6, 6.07) is 10.8. The lowest BCUT2D eigenvalue weighted by Gasteiger charge is -2.35. The topological polar surface area (TPSA) is 96.4 Å². The minimum absolute atomic E-state index is 0.301. The summed E-state index contributed by atoms with van der Waals surface area (Å²) in [5, 5.41) is 2.84. The molecule has 2 aromatic heterocycles. The van der Waals surface area contributed by atoms with Gasteiger partial charge in [-0.1, -0.05) is 12.1 Å². The smallest absolute Gasteiger partial charge is 0.274 e. The molecule has 3 aromatic rings. The number of ether oxygens (including phenoxy) is 1. The van der Waals surface area contributed by atoms with E-state index in [1.54, 1.807) is 43.8 Å². The van der Waals surface area contributed by atoms with Crippen molar-refractivity contribution in [2.45, 2.75) is 0 Å². The van der Waals surface area contributed by atoms with E-state index >= 15 is 0 Å². The molecule has 9 heteroatoms. The number of aromatic nitrogens is 4. The largest absolute Gasteiger partial charge is 0.495 e. The highest BCUT2D eigenvalue weighted by atomic mass is 16.5. The van der Waals surface area contributed by atoms with Crippen molar-refractivity contribution in [3.05, 3.63) is 60.8 Å². The van der Waals surface area contributed by atoms with Crippen LogP contribution in [0.1, 0.15) is 10.5 Å². The van der Waals surface area contributed by atoms with Crippen molar-refractivity contribution in [3.8, 4) is 5.75 Å². The highest BCUT2D eigenvalue weighted by molar-refractivity contribution is 6.04. The number of nitrogens with one attached hydrogen (secondary N) is 1. The number of piperazine rings is 1. The molecule has 1 aliphatic rings. The predicted molar refractivity (Wildman–Crippen MR) is 109 cm³/mol. The van der Waals surface area contributed by atoms with Crippen molar-refractivity contribution < 1.29 is 9.53 Å². The summed E-state index contributed by atoms with van der Waals surface area (Å²) in [4.78, 5) is 34.0. The lowest BCUT2D eigenvalue weighted by Crippen LogP contribution is -2.47. The van der Waals surface area contributed by atoms with Crippen LogP contribution in [0.4, 0.5) is 17.5 Å². The molecule has 1 aromatic carbocycles. The Morgan fingerprint density at radius 1 is 0.966 bits per heavy atom. The molecule has 148 valence electrons. The maximum atomic E-state index is 12.7. The van der Waals surface area contributed by atoms with Crippen molar-refractivity contribution in [2.24, 2.45) is 0 Å². The number of rotatable bonds is 5. The maximum absolute atomic E-state index is 12.7. The lowest BCUT2D eigenvalue weighted by molar-refractivity contribution is 0.102. The van der Waals surface area contributed by atoms with Crippen LogP contribution in [0.3, 0.4) is 0 Å². The molecule has 1 N–H and O–H groups in total. The number of anilines is 3. The average molecular weight is 391 g/mol. The second-order valence-electron chi connectivity index (χ2n) is 6.44. The Bertz CT molecular complexity index is 975. The van der Waals surface area contributed by atoms with Crippen LogP contribution >= 0.6 is 0 Å². The molecular weight excluding hydrogens is 370 g/mol. The fraction of sp³-hybridized carbons (Fsp3) is 0.250. The highest BCUT2D eigenvalue weighted by Crippen LogP contribution is 2.24. The van der Waals surface area contributed by atoms with E-state index in [0.29, 0.717) is 17.1 Å². The first-order valence-electron chi connectivity index (χ1n) is 9.28. The summed E-state index contributed by atoms with van der Waals surface area (Å²) < 4.78 is 5.28. The van der Waals surface area contributed by atoms with Crippen molar-refractivity contribution in [3.63, 3.8) is 0 Å². The average Bonchev–Trinajstić information content (AvgIpc) is 2.80. The van der Waals surface area contributed by atoms with E-state index in [4.69, 9.17) is 4.74 Å². The standard InChI is InChI=1S/C20H21N7O2/c1-29-17-6-3-2-5-15(17)25-19(28)16-13-18(24-14-23-16)26-9-11-27(12-10-26)20-21-7-4-8-22-20/h2-8,13-14H,9-12H2,1H3,(H,25,28). The summed E-state index contributed by atoms with van der Waals surface area (Å²) in [6.07, 6.45) is 4.90. The lowest BCUT2D eigenvalue weighted by atomic mass is 10.2. The van der Waals surface area contributed by atoms with Gasteiger partial charge in [0, 0.05) is 44.6 Å². The van der Waals surface area contributed by atoms with E-state index in [0.717, 1.165) is 37.9 Å². The fourth-order valence-electron chi connectivity index (χ4n) is 3.17. The van der Waals surface area contributed by atoms with E-state index in [1.807, 2.05) is 12.1 Å². The van der Waals surface area contributed by atoms with Crippen molar-refractivity contribution in [1.82, 2.24) is 19.9 Å². The summed E-state index contributed by atoms with van der Waals surface area (Å²) >= 11 is 0. The molecule has 9 nitrogen and oxygen atoms in total. The number of methoxy groups -OCH3 is 1. The number of nitrogens with zero attached hydrogens (tertiary/aromatic N) is 6. The molecule has 0 aliphatic carbocycles. The Morgan fingerprint density at radius 2 is 1.69 bits per heavy atom. The molecular formula is C20H21N7O2. The van der Waals surface area contributed by atoms with Crippen LogP contribution in [0, 0.1) is 0 Å². The summed E-state index contributed by atoms with van der Waals surface area (Å²) in [5.41, 5.74) is 0.895. The number of amides is 1. The molecule has 29 heavy (non-hydrogen) atoms. The third-order valence-electron chi connectivity index (χ3n) is 4.68. The van der Waals surface area contributed by atoms with E-state index in [2.05, 4.69) is 35.1 Å². The normalized spacial score (nSPS) is 13.8. The monoisotopic (exact) mass is 391 g/mol. The third-order valence-corrected chi connectivity index (χ3v) is 4.68. The number of para-hydroxylation sites is 2. The summed E-state index contributed by atoms with van der Waals surface area (Å²) in [7, 11) is 1.56. The van der Waals surface area contributed by atoms with Crippen LogP contribution in [0.5, 0.6) is 5.75 Å². The second kappa shape index (κ2) is 8.51. The Hall–Kier alpha value is -3.75. The van der Waals surface area contributed by atoms with E-state index in [1.165, 1.54) is 6.33 Å². The third kappa shape index (κ3) is 4.23. The van der Waals surface area contributed by atoms with Crippen LogP contribution in [0.25, 0.3) is 0 Å². The number of hydrogen-bond donors (Lipinski definition) is 1. The molecule has 1 fully saturated rings. The van der Waals surface area contributed by atoms with E-state index in [-0.39, 0.29) is 5.91 Å². The van der Waals surface area contributed by atoms with Gasteiger partial charge in [0.15, 0.2) is 0 Å². The quantitative estimate of drug-likeness (QED) is 0.704. The van der Waals surface area contributed by atoms with Gasteiger partial charge in [0.25, 0.3) is 5.91 Å². The SMILES string of the molecule is COc1ccccc1NC(=O)c1cc(N2CCN(c3ncccn3)CC2)ncn1. The predicted octanol–water partition coefficient (Wildman–Crippen LogP) is 1.85. The fourth-order valence-corrected chi connectivity index (χ4v) is 3.17. The van der Waals surface area contributed by atoms with Gasteiger partial charge in [-0.05, 0) is 18.2 Å². The second-order valence-corrected chi connectivity index (χ2v) is 6.44. The first-order chi connectivity index (χ1) is 14.2. The van der Waals surface area contributed by atoms with Crippen molar-refractivity contribution in [2.75, 3.05) is 48.4 Å². The molecule has 0 spiro atoms. The van der Waals surface area contributed by atoms with Gasteiger partial charge in [0.05, 0.1) is 12.8 Å². The molecule has 0 radical (unpaired) electrons. The van der Waals surface area contributed by atoms with Crippen molar-refractivity contribution >= 4 is 23.4 Å². The maximum Gasteiger partial charge on any atom is 0.274 e.